The summed E-state index contributed by atoms with van der Waals surface area (Å²) in [6, 6.07) is 12.0. The van der Waals surface area contributed by atoms with Crippen molar-refractivity contribution in [1.82, 2.24) is 15.8 Å². The number of carbonyl (C=O) groups excluding carboxylic acids is 2. The Hall–Kier alpha value is -2.57. The first-order valence-corrected chi connectivity index (χ1v) is 8.63. The van der Waals surface area contributed by atoms with Crippen LogP contribution >= 0.6 is 23.2 Å². The lowest BCUT2D eigenvalue weighted by Crippen LogP contribution is -2.35. The third-order valence-electron chi connectivity index (χ3n) is 3.69. The van der Waals surface area contributed by atoms with Crippen molar-refractivity contribution in [2.45, 2.75) is 6.42 Å². The van der Waals surface area contributed by atoms with E-state index in [1.165, 1.54) is 6.07 Å². The zero-order chi connectivity index (χ0) is 18.5. The molecule has 0 saturated carbocycles. The van der Waals surface area contributed by atoms with Gasteiger partial charge < -0.3 is 15.2 Å². The average Bonchev–Trinajstić information content (AvgIpc) is 3.04. The molecule has 6 nitrogen and oxygen atoms in total. The van der Waals surface area contributed by atoms with E-state index in [1.54, 1.807) is 18.2 Å². The van der Waals surface area contributed by atoms with Gasteiger partial charge in [0.1, 0.15) is 5.69 Å². The molecule has 3 rings (SSSR count). The molecule has 0 unspecified atom stereocenters. The maximum absolute atomic E-state index is 12.0. The van der Waals surface area contributed by atoms with Crippen LogP contribution in [-0.4, -0.2) is 30.1 Å². The van der Waals surface area contributed by atoms with Gasteiger partial charge in [-0.2, -0.15) is 0 Å². The number of aromatic nitrogens is 1. The summed E-state index contributed by atoms with van der Waals surface area (Å²) in [7, 11) is 0. The van der Waals surface area contributed by atoms with Crippen molar-refractivity contribution in [3.8, 4) is 0 Å². The van der Waals surface area contributed by atoms with Crippen LogP contribution in [0.2, 0.25) is 10.0 Å². The number of hydrogen-bond acceptors (Lipinski definition) is 4. The molecule has 2 amide bonds. The molecule has 2 N–H and O–H groups in total. The molecule has 0 aliphatic rings. The lowest BCUT2D eigenvalue weighted by molar-refractivity contribution is -0.120. The molecular weight excluding hydrogens is 377 g/mol. The van der Waals surface area contributed by atoms with E-state index >= 15 is 0 Å². The SMILES string of the molecule is O=C(Cc1noc2ccccc12)NCCNC(=O)c1ccc(Cl)c(Cl)c1. The first-order chi connectivity index (χ1) is 12.5. The van der Waals surface area contributed by atoms with Gasteiger partial charge in [0.15, 0.2) is 5.58 Å². The molecule has 0 spiro atoms. The molecule has 134 valence electrons. The monoisotopic (exact) mass is 391 g/mol. The normalized spacial score (nSPS) is 10.7. The van der Waals surface area contributed by atoms with Gasteiger partial charge in [-0.25, -0.2) is 0 Å². The number of benzene rings is 2. The number of rotatable bonds is 6. The Bertz CT molecular complexity index is 956. The van der Waals surface area contributed by atoms with Gasteiger partial charge in [0.25, 0.3) is 5.91 Å². The quantitative estimate of drug-likeness (QED) is 0.631. The van der Waals surface area contributed by atoms with E-state index in [2.05, 4.69) is 15.8 Å². The summed E-state index contributed by atoms with van der Waals surface area (Å²) < 4.78 is 5.17. The first-order valence-electron chi connectivity index (χ1n) is 7.88. The van der Waals surface area contributed by atoms with Gasteiger partial charge in [0.2, 0.25) is 5.91 Å². The van der Waals surface area contributed by atoms with Crippen molar-refractivity contribution in [3.63, 3.8) is 0 Å². The number of para-hydroxylation sites is 1. The van der Waals surface area contributed by atoms with Crippen molar-refractivity contribution in [2.75, 3.05) is 13.1 Å². The molecule has 3 aromatic rings. The van der Waals surface area contributed by atoms with Crippen LogP contribution in [0.25, 0.3) is 11.0 Å². The summed E-state index contributed by atoms with van der Waals surface area (Å²) in [5.41, 5.74) is 1.63. The van der Waals surface area contributed by atoms with Crippen LogP contribution in [0.15, 0.2) is 47.0 Å². The largest absolute Gasteiger partial charge is 0.356 e. The molecule has 8 heteroatoms. The average molecular weight is 392 g/mol. The molecule has 0 saturated heterocycles. The number of hydrogen-bond donors (Lipinski definition) is 2. The summed E-state index contributed by atoms with van der Waals surface area (Å²) in [6.45, 7) is 0.575. The molecule has 0 aliphatic carbocycles. The Labute approximate surface area is 159 Å². The minimum absolute atomic E-state index is 0.109. The van der Waals surface area contributed by atoms with E-state index < -0.39 is 0 Å². The molecule has 26 heavy (non-hydrogen) atoms. The number of halogens is 2. The Morgan fingerprint density at radius 2 is 1.77 bits per heavy atom. The maximum atomic E-state index is 12.0. The Balaban J connectivity index is 1.45. The fraction of sp³-hybridized carbons (Fsp3) is 0.167. The zero-order valence-electron chi connectivity index (χ0n) is 13.6. The lowest BCUT2D eigenvalue weighted by Gasteiger charge is -2.07. The number of nitrogens with one attached hydrogen (secondary N) is 2. The number of nitrogens with zero attached hydrogens (tertiary/aromatic N) is 1. The van der Waals surface area contributed by atoms with E-state index in [4.69, 9.17) is 27.7 Å². The molecule has 0 aliphatic heterocycles. The summed E-state index contributed by atoms with van der Waals surface area (Å²) in [5.74, 6) is -0.492. The molecule has 0 bridgehead atoms. The van der Waals surface area contributed by atoms with E-state index in [0.29, 0.717) is 33.4 Å². The highest BCUT2D eigenvalue weighted by Crippen LogP contribution is 2.22. The molecule has 0 atom stereocenters. The number of fused-ring (bicyclic) bond motifs is 1. The molecule has 0 fully saturated rings. The van der Waals surface area contributed by atoms with Gasteiger partial charge in [-0.1, -0.05) is 40.5 Å². The molecule has 1 heterocycles. The molecule has 1 aromatic heterocycles. The smallest absolute Gasteiger partial charge is 0.251 e. The number of amides is 2. The van der Waals surface area contributed by atoms with E-state index in [-0.39, 0.29) is 24.8 Å². The van der Waals surface area contributed by atoms with Crippen LogP contribution in [0.3, 0.4) is 0 Å². The fourth-order valence-electron chi connectivity index (χ4n) is 2.40. The van der Waals surface area contributed by atoms with Crippen LogP contribution in [0, 0.1) is 0 Å². The van der Waals surface area contributed by atoms with Gasteiger partial charge in [-0.3, -0.25) is 9.59 Å². The highest BCUT2D eigenvalue weighted by molar-refractivity contribution is 6.42. The summed E-state index contributed by atoms with van der Waals surface area (Å²) in [5, 5.41) is 10.9. The molecule has 2 aromatic carbocycles. The second kappa shape index (κ2) is 8.21. The first kappa shape index (κ1) is 18.2. The van der Waals surface area contributed by atoms with Gasteiger partial charge >= 0.3 is 0 Å². The van der Waals surface area contributed by atoms with Crippen molar-refractivity contribution < 1.29 is 14.1 Å². The van der Waals surface area contributed by atoms with Gasteiger partial charge in [-0.05, 0) is 30.3 Å². The van der Waals surface area contributed by atoms with Crippen molar-refractivity contribution >= 4 is 46.0 Å². The highest BCUT2D eigenvalue weighted by atomic mass is 35.5. The minimum atomic E-state index is -0.291. The Morgan fingerprint density at radius 1 is 1.00 bits per heavy atom. The maximum Gasteiger partial charge on any atom is 0.251 e. The standard InChI is InChI=1S/C18H15Cl2N3O3/c19-13-6-5-11(9-14(13)20)18(25)22-8-7-21-17(24)10-15-12-3-1-2-4-16(12)26-23-15/h1-6,9H,7-8,10H2,(H,21,24)(H,22,25). The predicted octanol–water partition coefficient (Wildman–Crippen LogP) is 3.22. The van der Waals surface area contributed by atoms with Crippen LogP contribution in [0.4, 0.5) is 0 Å². The summed E-state index contributed by atoms with van der Waals surface area (Å²) in [6.07, 6.45) is 0.109. The highest BCUT2D eigenvalue weighted by Gasteiger charge is 2.12. The minimum Gasteiger partial charge on any atom is -0.356 e. The molecule has 0 radical (unpaired) electrons. The van der Waals surface area contributed by atoms with E-state index in [1.807, 2.05) is 18.2 Å². The van der Waals surface area contributed by atoms with Crippen molar-refractivity contribution in [2.24, 2.45) is 0 Å². The predicted molar refractivity (Wildman–Crippen MR) is 99.5 cm³/mol. The topological polar surface area (TPSA) is 84.2 Å². The zero-order valence-corrected chi connectivity index (χ0v) is 15.1. The van der Waals surface area contributed by atoms with Crippen LogP contribution in [-0.2, 0) is 11.2 Å². The van der Waals surface area contributed by atoms with Gasteiger partial charge in [0, 0.05) is 24.0 Å². The van der Waals surface area contributed by atoms with Crippen LogP contribution in [0.5, 0.6) is 0 Å². The second-order valence-corrected chi connectivity index (χ2v) is 6.35. The lowest BCUT2D eigenvalue weighted by atomic mass is 10.1. The Morgan fingerprint density at radius 3 is 2.58 bits per heavy atom. The van der Waals surface area contributed by atoms with Crippen molar-refractivity contribution in [3.05, 3.63) is 63.8 Å². The van der Waals surface area contributed by atoms with E-state index in [0.717, 1.165) is 5.39 Å². The number of carbonyl (C=O) groups is 2. The van der Waals surface area contributed by atoms with Gasteiger partial charge in [-0.15, -0.1) is 0 Å². The van der Waals surface area contributed by atoms with Crippen molar-refractivity contribution in [1.29, 1.82) is 0 Å². The fourth-order valence-corrected chi connectivity index (χ4v) is 2.70. The third-order valence-corrected chi connectivity index (χ3v) is 4.43. The van der Waals surface area contributed by atoms with Crippen LogP contribution < -0.4 is 10.6 Å². The van der Waals surface area contributed by atoms with Crippen LogP contribution in [0.1, 0.15) is 16.1 Å². The third kappa shape index (κ3) is 4.33. The second-order valence-electron chi connectivity index (χ2n) is 5.54. The molecular formula is C18H15Cl2N3O3. The Kier molecular flexibility index (Phi) is 5.75. The van der Waals surface area contributed by atoms with Gasteiger partial charge in [0.05, 0.1) is 16.5 Å². The summed E-state index contributed by atoms with van der Waals surface area (Å²) >= 11 is 11.7. The van der Waals surface area contributed by atoms with E-state index in [9.17, 15) is 9.59 Å². The summed E-state index contributed by atoms with van der Waals surface area (Å²) in [4.78, 5) is 24.0.